The number of anilines is 3. The minimum atomic E-state index is 0.884. The van der Waals surface area contributed by atoms with Gasteiger partial charge < -0.3 is 9.32 Å². The van der Waals surface area contributed by atoms with Crippen molar-refractivity contribution in [3.8, 4) is 78.1 Å². The summed E-state index contributed by atoms with van der Waals surface area (Å²) in [6.07, 6.45) is 0. The predicted octanol–water partition coefficient (Wildman–Crippen LogP) is 19.9. The van der Waals surface area contributed by atoms with Gasteiger partial charge in [-0.15, -0.1) is 0 Å². The van der Waals surface area contributed by atoms with Crippen LogP contribution in [0.3, 0.4) is 0 Å². The summed E-state index contributed by atoms with van der Waals surface area (Å²) in [5, 5.41) is 6.13. The molecule has 0 saturated heterocycles. The molecule has 72 heavy (non-hydrogen) atoms. The third kappa shape index (κ3) is 8.01. The minimum Gasteiger partial charge on any atom is -0.455 e. The van der Waals surface area contributed by atoms with E-state index in [2.05, 4.69) is 278 Å². The zero-order valence-corrected chi connectivity index (χ0v) is 39.5. The lowest BCUT2D eigenvalue weighted by molar-refractivity contribution is 0.632. The quantitative estimate of drug-likeness (QED) is 0.136. The normalized spacial score (nSPS) is 11.3. The van der Waals surface area contributed by atoms with Crippen LogP contribution in [0.15, 0.2) is 290 Å². The van der Waals surface area contributed by atoms with Crippen molar-refractivity contribution in [2.75, 3.05) is 4.90 Å². The summed E-state index contributed by atoms with van der Waals surface area (Å²) in [5.74, 6) is 0.884. The standard InChI is InChI=1S/C70H47NO/c1-2-15-57(16-3-1)69-67-23-8-9-26-68(67)72-70(69)59-20-10-19-58(47-59)52-29-27-48(28-30-52)50-35-41-60(42-36-50)71(62-45-39-56(40-46-62)66-25-12-18-54-14-5-7-22-64(54)66)61-43-37-51(38-44-61)49-31-33-55(34-32-49)65-24-11-17-53-13-4-6-21-63(53)65/h1-47H. The first-order valence-electron chi connectivity index (χ1n) is 24.6. The van der Waals surface area contributed by atoms with Crippen LogP contribution in [0.1, 0.15) is 0 Å². The molecule has 0 saturated carbocycles. The number of para-hydroxylation sites is 1. The van der Waals surface area contributed by atoms with E-state index in [1.807, 2.05) is 12.1 Å². The number of fused-ring (bicyclic) bond motifs is 3. The number of hydrogen-bond donors (Lipinski definition) is 0. The van der Waals surface area contributed by atoms with Crippen molar-refractivity contribution in [2.24, 2.45) is 0 Å². The van der Waals surface area contributed by atoms with E-state index >= 15 is 0 Å². The van der Waals surface area contributed by atoms with E-state index < -0.39 is 0 Å². The molecule has 2 nitrogen and oxygen atoms in total. The van der Waals surface area contributed by atoms with Crippen molar-refractivity contribution in [1.82, 2.24) is 0 Å². The van der Waals surface area contributed by atoms with Crippen molar-refractivity contribution < 1.29 is 4.42 Å². The Balaban J connectivity index is 0.803. The predicted molar refractivity (Wildman–Crippen MR) is 304 cm³/mol. The number of rotatable bonds is 10. The molecule has 1 heterocycles. The van der Waals surface area contributed by atoms with Crippen LogP contribution in [0, 0.1) is 0 Å². The van der Waals surface area contributed by atoms with E-state index in [-0.39, 0.29) is 0 Å². The fourth-order valence-corrected chi connectivity index (χ4v) is 10.5. The summed E-state index contributed by atoms with van der Waals surface area (Å²) in [7, 11) is 0. The van der Waals surface area contributed by atoms with Gasteiger partial charge in [-0.3, -0.25) is 0 Å². The molecule has 0 aliphatic carbocycles. The molecule has 0 bridgehead atoms. The van der Waals surface area contributed by atoms with Crippen LogP contribution in [-0.2, 0) is 0 Å². The second kappa shape index (κ2) is 18.4. The molecular weight excluding hydrogens is 871 g/mol. The van der Waals surface area contributed by atoms with E-state index in [9.17, 15) is 0 Å². The first-order chi connectivity index (χ1) is 35.7. The molecule has 0 amide bonds. The molecular formula is C70H47NO. The zero-order valence-electron chi connectivity index (χ0n) is 39.5. The monoisotopic (exact) mass is 917 g/mol. The first kappa shape index (κ1) is 42.6. The second-order valence-electron chi connectivity index (χ2n) is 18.4. The number of hydrogen-bond acceptors (Lipinski definition) is 2. The molecule has 0 fully saturated rings. The molecule has 13 rings (SSSR count). The minimum absolute atomic E-state index is 0.884. The van der Waals surface area contributed by atoms with Gasteiger partial charge in [0.15, 0.2) is 0 Å². The van der Waals surface area contributed by atoms with Crippen LogP contribution in [0.25, 0.3) is 111 Å². The van der Waals surface area contributed by atoms with Gasteiger partial charge in [0, 0.05) is 33.6 Å². The van der Waals surface area contributed by atoms with Gasteiger partial charge in [-0.1, -0.05) is 237 Å². The molecule has 0 N–H and O–H groups in total. The van der Waals surface area contributed by atoms with Gasteiger partial charge in [-0.25, -0.2) is 0 Å². The van der Waals surface area contributed by atoms with Gasteiger partial charge in [0.2, 0.25) is 0 Å². The number of furan rings is 1. The highest BCUT2D eigenvalue weighted by molar-refractivity contribution is 6.02. The number of nitrogens with zero attached hydrogens (tertiary/aromatic N) is 1. The lowest BCUT2D eigenvalue weighted by Gasteiger charge is -2.26. The van der Waals surface area contributed by atoms with Gasteiger partial charge in [-0.05, 0) is 131 Å². The van der Waals surface area contributed by atoms with Crippen LogP contribution in [-0.4, -0.2) is 0 Å². The Morgan fingerprint density at radius 1 is 0.236 bits per heavy atom. The molecule has 12 aromatic carbocycles. The maximum atomic E-state index is 6.57. The first-order valence-corrected chi connectivity index (χ1v) is 24.6. The Kier molecular flexibility index (Phi) is 10.9. The van der Waals surface area contributed by atoms with Gasteiger partial charge in [0.25, 0.3) is 0 Å². The fraction of sp³-hybridized carbons (Fsp3) is 0. The lowest BCUT2D eigenvalue weighted by Crippen LogP contribution is -2.09. The lowest BCUT2D eigenvalue weighted by atomic mass is 9.95. The summed E-state index contributed by atoms with van der Waals surface area (Å²) in [6, 6.07) is 103. The molecule has 0 spiro atoms. The summed E-state index contributed by atoms with van der Waals surface area (Å²) < 4.78 is 6.57. The largest absolute Gasteiger partial charge is 0.455 e. The highest BCUT2D eigenvalue weighted by Gasteiger charge is 2.19. The summed E-state index contributed by atoms with van der Waals surface area (Å²) in [6.45, 7) is 0. The van der Waals surface area contributed by atoms with E-state index in [0.717, 1.165) is 72.7 Å². The summed E-state index contributed by atoms with van der Waals surface area (Å²) in [4.78, 5) is 2.35. The molecule has 1 aromatic heterocycles. The molecule has 0 radical (unpaired) electrons. The Labute approximate surface area is 420 Å². The van der Waals surface area contributed by atoms with Crippen molar-refractivity contribution in [1.29, 1.82) is 0 Å². The number of benzene rings is 12. The molecule has 0 atom stereocenters. The van der Waals surface area contributed by atoms with Gasteiger partial charge in [0.05, 0.1) is 0 Å². The highest BCUT2D eigenvalue weighted by Crippen LogP contribution is 2.43. The Bertz CT molecular complexity index is 4030. The zero-order chi connectivity index (χ0) is 47.8. The van der Waals surface area contributed by atoms with Crippen molar-refractivity contribution in [3.63, 3.8) is 0 Å². The average Bonchev–Trinajstić information content (AvgIpc) is 3.86. The third-order valence-corrected chi connectivity index (χ3v) is 14.1. The van der Waals surface area contributed by atoms with Crippen LogP contribution in [0.5, 0.6) is 0 Å². The fourth-order valence-electron chi connectivity index (χ4n) is 10.5. The molecule has 13 aromatic rings. The summed E-state index contributed by atoms with van der Waals surface area (Å²) >= 11 is 0. The third-order valence-electron chi connectivity index (χ3n) is 14.1. The van der Waals surface area contributed by atoms with E-state index in [1.165, 1.54) is 54.9 Å². The molecule has 338 valence electrons. The van der Waals surface area contributed by atoms with E-state index in [4.69, 9.17) is 4.42 Å². The van der Waals surface area contributed by atoms with Crippen LogP contribution in [0.2, 0.25) is 0 Å². The Morgan fingerprint density at radius 2 is 0.597 bits per heavy atom. The topological polar surface area (TPSA) is 16.4 Å². The second-order valence-corrected chi connectivity index (χ2v) is 18.4. The van der Waals surface area contributed by atoms with Crippen molar-refractivity contribution in [2.45, 2.75) is 0 Å². The van der Waals surface area contributed by atoms with Crippen molar-refractivity contribution >= 4 is 49.6 Å². The van der Waals surface area contributed by atoms with Crippen molar-refractivity contribution in [3.05, 3.63) is 285 Å². The maximum absolute atomic E-state index is 6.57. The van der Waals surface area contributed by atoms with Crippen LogP contribution < -0.4 is 4.90 Å². The SMILES string of the molecule is c1ccc(-c2c(-c3cccc(-c4ccc(-c5ccc(N(c6ccc(-c7ccc(-c8cccc9ccccc89)cc7)cc6)c6ccc(-c7cccc8ccccc78)cc6)cc5)cc4)c3)oc3ccccc23)cc1. The molecule has 0 aliphatic rings. The highest BCUT2D eigenvalue weighted by atomic mass is 16.3. The maximum Gasteiger partial charge on any atom is 0.143 e. The van der Waals surface area contributed by atoms with Gasteiger partial charge in [0.1, 0.15) is 11.3 Å². The smallest absolute Gasteiger partial charge is 0.143 e. The summed E-state index contributed by atoms with van der Waals surface area (Å²) in [5.41, 5.74) is 19.3. The van der Waals surface area contributed by atoms with Crippen LogP contribution in [0.4, 0.5) is 17.1 Å². The van der Waals surface area contributed by atoms with Crippen LogP contribution >= 0.6 is 0 Å². The van der Waals surface area contributed by atoms with Gasteiger partial charge >= 0.3 is 0 Å². The molecule has 2 heteroatoms. The Hall–Kier alpha value is -9.50. The van der Waals surface area contributed by atoms with E-state index in [0.29, 0.717) is 0 Å². The van der Waals surface area contributed by atoms with E-state index in [1.54, 1.807) is 0 Å². The van der Waals surface area contributed by atoms with Gasteiger partial charge in [-0.2, -0.15) is 0 Å². The molecule has 0 unspecified atom stereocenters. The Morgan fingerprint density at radius 3 is 1.12 bits per heavy atom. The average molecular weight is 918 g/mol. The molecule has 0 aliphatic heterocycles.